The lowest BCUT2D eigenvalue weighted by Gasteiger charge is -2.24. The normalized spacial score (nSPS) is 22.4. The van der Waals surface area contributed by atoms with Gasteiger partial charge in [-0.05, 0) is 31.2 Å². The minimum absolute atomic E-state index is 0.0635. The number of nitrogens with zero attached hydrogens (tertiary/aromatic N) is 2. The van der Waals surface area contributed by atoms with Crippen molar-refractivity contribution in [3.63, 3.8) is 0 Å². The highest BCUT2D eigenvalue weighted by atomic mass is 32.2. The first-order valence-electron chi connectivity index (χ1n) is 9.04. The molecule has 1 fully saturated rings. The van der Waals surface area contributed by atoms with Gasteiger partial charge in [0.1, 0.15) is 6.54 Å². The van der Waals surface area contributed by atoms with E-state index in [2.05, 4.69) is 10.3 Å². The van der Waals surface area contributed by atoms with Crippen LogP contribution >= 0.6 is 11.8 Å². The lowest BCUT2D eigenvalue weighted by atomic mass is 10.2. The number of rotatable bonds is 4. The maximum Gasteiger partial charge on any atom is 0.244 e. The van der Waals surface area contributed by atoms with Crippen LogP contribution in [0.15, 0.2) is 59.6 Å². The van der Waals surface area contributed by atoms with Gasteiger partial charge in [0, 0.05) is 16.6 Å². The topological polar surface area (TPSA) is 78.8 Å². The highest BCUT2D eigenvalue weighted by Gasteiger charge is 2.44. The van der Waals surface area contributed by atoms with Gasteiger partial charge in [-0.15, -0.1) is 0 Å². The van der Waals surface area contributed by atoms with E-state index in [4.69, 9.17) is 0 Å². The minimum Gasteiger partial charge on any atom is -0.325 e. The highest BCUT2D eigenvalue weighted by molar-refractivity contribution is 8.15. The molecule has 2 aromatic rings. The Kier molecular flexibility index (Phi) is 5.16. The van der Waals surface area contributed by atoms with E-state index in [1.807, 2.05) is 66.4 Å². The molecule has 0 saturated carbocycles. The maximum atomic E-state index is 12.7. The SMILES string of the molecule is Cc1ccc(NC(=O)CN(C2=N[C@H]3CS(=O)(=O)C[C@@H]3S2)c2ccccc2)cc1. The molecule has 2 atom stereocenters. The molecule has 1 amide bonds. The van der Waals surface area contributed by atoms with Crippen LogP contribution in [0, 0.1) is 6.92 Å². The van der Waals surface area contributed by atoms with Crippen LogP contribution in [0.2, 0.25) is 0 Å². The Bertz CT molecular complexity index is 1000. The Hall–Kier alpha value is -2.32. The molecule has 6 nitrogen and oxygen atoms in total. The van der Waals surface area contributed by atoms with Crippen molar-refractivity contribution >= 4 is 44.0 Å². The summed E-state index contributed by atoms with van der Waals surface area (Å²) in [5.74, 6) is 0.0839. The molecule has 1 N–H and O–H groups in total. The Morgan fingerprint density at radius 2 is 1.86 bits per heavy atom. The number of carbonyl (C=O) groups excluding carboxylic acids is 1. The fourth-order valence-electron chi connectivity index (χ4n) is 3.33. The van der Waals surface area contributed by atoms with Crippen LogP contribution in [0.5, 0.6) is 0 Å². The van der Waals surface area contributed by atoms with E-state index in [1.165, 1.54) is 11.8 Å². The molecule has 0 unspecified atom stereocenters. The average molecular weight is 416 g/mol. The minimum atomic E-state index is -3.01. The number of aryl methyl sites for hydroxylation is 1. The second-order valence-corrected chi connectivity index (χ2v) is 10.4. The van der Waals surface area contributed by atoms with Crippen LogP contribution in [-0.4, -0.2) is 48.8 Å². The number of hydrogen-bond acceptors (Lipinski definition) is 6. The van der Waals surface area contributed by atoms with E-state index in [0.29, 0.717) is 5.17 Å². The zero-order valence-corrected chi connectivity index (χ0v) is 17.0. The van der Waals surface area contributed by atoms with Gasteiger partial charge < -0.3 is 10.2 Å². The quantitative estimate of drug-likeness (QED) is 0.831. The maximum absolute atomic E-state index is 12.7. The van der Waals surface area contributed by atoms with Gasteiger partial charge in [-0.2, -0.15) is 0 Å². The monoisotopic (exact) mass is 415 g/mol. The number of sulfone groups is 1. The van der Waals surface area contributed by atoms with Crippen LogP contribution in [0.3, 0.4) is 0 Å². The number of amidine groups is 1. The predicted molar refractivity (Wildman–Crippen MR) is 115 cm³/mol. The first kappa shape index (κ1) is 19.0. The first-order valence-corrected chi connectivity index (χ1v) is 11.7. The molecule has 28 heavy (non-hydrogen) atoms. The van der Waals surface area contributed by atoms with E-state index >= 15 is 0 Å². The number of para-hydroxylation sites is 1. The number of nitrogens with one attached hydrogen (secondary N) is 1. The Morgan fingerprint density at radius 3 is 2.54 bits per heavy atom. The molecule has 4 rings (SSSR count). The second kappa shape index (κ2) is 7.60. The lowest BCUT2D eigenvalue weighted by Crippen LogP contribution is -2.36. The van der Waals surface area contributed by atoms with Crippen molar-refractivity contribution < 1.29 is 13.2 Å². The zero-order chi connectivity index (χ0) is 19.7. The van der Waals surface area contributed by atoms with E-state index < -0.39 is 9.84 Å². The van der Waals surface area contributed by atoms with Gasteiger partial charge in [0.2, 0.25) is 5.91 Å². The highest BCUT2D eigenvalue weighted by Crippen LogP contribution is 2.36. The number of aliphatic imine (C=N–C) groups is 1. The molecule has 0 spiro atoms. The number of amides is 1. The van der Waals surface area contributed by atoms with E-state index in [-0.39, 0.29) is 35.2 Å². The summed E-state index contributed by atoms with van der Waals surface area (Å²) in [7, 11) is -3.01. The van der Waals surface area contributed by atoms with Crippen LogP contribution < -0.4 is 10.2 Å². The summed E-state index contributed by atoms with van der Waals surface area (Å²) in [6.45, 7) is 2.10. The molecule has 0 bridgehead atoms. The van der Waals surface area contributed by atoms with Crippen LogP contribution in [0.4, 0.5) is 11.4 Å². The van der Waals surface area contributed by atoms with Crippen molar-refractivity contribution in [3.05, 3.63) is 60.2 Å². The molecule has 2 aliphatic heterocycles. The van der Waals surface area contributed by atoms with E-state index in [0.717, 1.165) is 16.9 Å². The smallest absolute Gasteiger partial charge is 0.244 e. The largest absolute Gasteiger partial charge is 0.325 e. The fourth-order valence-corrected chi connectivity index (χ4v) is 7.11. The standard InChI is InChI=1S/C20H21N3O3S2/c1-14-7-9-15(10-8-14)21-19(24)11-23(16-5-3-2-4-6-16)20-22-17-12-28(25,26)13-18(17)27-20/h2-10,17-18H,11-13H2,1H3,(H,21,24)/t17-,18-/m0/s1. The van der Waals surface area contributed by atoms with Gasteiger partial charge in [0.15, 0.2) is 15.0 Å². The zero-order valence-electron chi connectivity index (χ0n) is 15.4. The number of fused-ring (bicyclic) bond motifs is 1. The molecule has 2 aromatic carbocycles. The van der Waals surface area contributed by atoms with Gasteiger partial charge in [-0.1, -0.05) is 47.7 Å². The Labute approximate surface area is 169 Å². The summed E-state index contributed by atoms with van der Waals surface area (Å²) in [6, 6.07) is 17.0. The molecule has 2 heterocycles. The molecule has 1 saturated heterocycles. The Balaban J connectivity index is 1.54. The third-order valence-electron chi connectivity index (χ3n) is 4.74. The number of anilines is 2. The van der Waals surface area contributed by atoms with Crippen molar-refractivity contribution in [1.82, 2.24) is 0 Å². The summed E-state index contributed by atoms with van der Waals surface area (Å²) in [6.07, 6.45) is 0. The third kappa shape index (κ3) is 4.23. The summed E-state index contributed by atoms with van der Waals surface area (Å²) < 4.78 is 23.7. The van der Waals surface area contributed by atoms with Crippen molar-refractivity contribution in [2.75, 3.05) is 28.3 Å². The van der Waals surface area contributed by atoms with Crippen molar-refractivity contribution in [1.29, 1.82) is 0 Å². The number of thioether (sulfide) groups is 1. The van der Waals surface area contributed by atoms with Gasteiger partial charge >= 0.3 is 0 Å². The fraction of sp³-hybridized carbons (Fsp3) is 0.300. The van der Waals surface area contributed by atoms with Crippen molar-refractivity contribution in [2.24, 2.45) is 4.99 Å². The summed E-state index contributed by atoms with van der Waals surface area (Å²) in [5, 5.41) is 3.56. The van der Waals surface area contributed by atoms with E-state index in [9.17, 15) is 13.2 Å². The molecule has 0 aliphatic carbocycles. The molecule has 8 heteroatoms. The van der Waals surface area contributed by atoms with Crippen molar-refractivity contribution in [2.45, 2.75) is 18.2 Å². The van der Waals surface area contributed by atoms with Gasteiger partial charge in [0.25, 0.3) is 0 Å². The molecule has 2 aliphatic rings. The van der Waals surface area contributed by atoms with Gasteiger partial charge in [-0.3, -0.25) is 9.79 Å². The number of carbonyl (C=O) groups is 1. The number of hydrogen-bond donors (Lipinski definition) is 1. The van der Waals surface area contributed by atoms with Crippen molar-refractivity contribution in [3.8, 4) is 0 Å². The summed E-state index contributed by atoms with van der Waals surface area (Å²) >= 11 is 1.45. The molecular formula is C20H21N3O3S2. The van der Waals surface area contributed by atoms with Crippen LogP contribution in [-0.2, 0) is 14.6 Å². The third-order valence-corrected chi connectivity index (χ3v) is 7.99. The van der Waals surface area contributed by atoms with Gasteiger partial charge in [-0.25, -0.2) is 8.42 Å². The average Bonchev–Trinajstić information content (AvgIpc) is 3.16. The molecule has 0 radical (unpaired) electrons. The predicted octanol–water partition coefficient (Wildman–Crippen LogP) is 2.71. The van der Waals surface area contributed by atoms with Crippen LogP contribution in [0.1, 0.15) is 5.56 Å². The van der Waals surface area contributed by atoms with Crippen LogP contribution in [0.25, 0.3) is 0 Å². The first-order chi connectivity index (χ1) is 13.4. The van der Waals surface area contributed by atoms with Gasteiger partial charge in [0.05, 0.1) is 17.5 Å². The lowest BCUT2D eigenvalue weighted by molar-refractivity contribution is -0.114. The van der Waals surface area contributed by atoms with E-state index in [1.54, 1.807) is 0 Å². The Morgan fingerprint density at radius 1 is 1.14 bits per heavy atom. The summed E-state index contributed by atoms with van der Waals surface area (Å²) in [5.41, 5.74) is 2.73. The second-order valence-electron chi connectivity index (χ2n) is 7.05. The molecule has 146 valence electrons. The molecular weight excluding hydrogens is 394 g/mol. The molecule has 0 aromatic heterocycles. The number of benzene rings is 2. The summed E-state index contributed by atoms with van der Waals surface area (Å²) in [4.78, 5) is 19.2.